The molecular formula is C31H41N3O5. The van der Waals surface area contributed by atoms with E-state index in [1.807, 2.05) is 65.6 Å². The average molecular weight is 536 g/mol. The van der Waals surface area contributed by atoms with Gasteiger partial charge in [-0.15, -0.1) is 6.58 Å². The molecule has 0 aromatic heterocycles. The Balaban J connectivity index is 1.78. The van der Waals surface area contributed by atoms with E-state index >= 15 is 0 Å². The van der Waals surface area contributed by atoms with Crippen LogP contribution in [0.25, 0.3) is 11.1 Å². The van der Waals surface area contributed by atoms with E-state index in [-0.39, 0.29) is 12.6 Å². The molecule has 1 fully saturated rings. The number of nitrogens with one attached hydrogen (secondary N) is 1. The van der Waals surface area contributed by atoms with Gasteiger partial charge < -0.3 is 24.6 Å². The third-order valence-electron chi connectivity index (χ3n) is 6.58. The van der Waals surface area contributed by atoms with Gasteiger partial charge in [-0.2, -0.15) is 0 Å². The first-order chi connectivity index (χ1) is 18.6. The molecule has 0 saturated carbocycles. The largest absolute Gasteiger partial charge is 0.467 e. The number of esters is 1. The Morgan fingerprint density at radius 2 is 1.69 bits per heavy atom. The van der Waals surface area contributed by atoms with Crippen molar-refractivity contribution < 1.29 is 23.9 Å². The van der Waals surface area contributed by atoms with E-state index in [0.717, 1.165) is 42.5 Å². The lowest BCUT2D eigenvalue weighted by Crippen LogP contribution is -2.53. The molecule has 8 heteroatoms. The highest BCUT2D eigenvalue weighted by molar-refractivity contribution is 5.91. The van der Waals surface area contributed by atoms with Gasteiger partial charge in [0.25, 0.3) is 0 Å². The van der Waals surface area contributed by atoms with E-state index in [1.54, 1.807) is 20.8 Å². The van der Waals surface area contributed by atoms with Gasteiger partial charge in [0.05, 0.1) is 20.3 Å². The summed E-state index contributed by atoms with van der Waals surface area (Å²) in [6.07, 6.45) is 5.13. The Bertz CT molecular complexity index is 1110. The number of rotatable bonds is 11. The molecule has 39 heavy (non-hydrogen) atoms. The molecule has 0 bridgehead atoms. The Labute approximate surface area is 232 Å². The third kappa shape index (κ3) is 8.60. The van der Waals surface area contributed by atoms with Crippen LogP contribution in [0, 0.1) is 0 Å². The van der Waals surface area contributed by atoms with E-state index in [0.29, 0.717) is 13.0 Å². The first-order valence-corrected chi connectivity index (χ1v) is 13.5. The smallest absolute Gasteiger partial charge is 0.408 e. The van der Waals surface area contributed by atoms with Crippen LogP contribution in [0.15, 0.2) is 67.3 Å². The summed E-state index contributed by atoms with van der Waals surface area (Å²) in [5.74, 6) is -0.822. The minimum Gasteiger partial charge on any atom is -0.467 e. The molecule has 0 radical (unpaired) electrons. The number of ether oxygens (including phenoxy) is 2. The molecule has 1 N–H and O–H groups in total. The van der Waals surface area contributed by atoms with Crippen molar-refractivity contribution in [3.05, 3.63) is 67.3 Å². The van der Waals surface area contributed by atoms with Crippen LogP contribution >= 0.6 is 0 Å². The number of anilines is 1. The zero-order valence-electron chi connectivity index (χ0n) is 23.5. The van der Waals surface area contributed by atoms with Gasteiger partial charge in [-0.05, 0) is 63.3 Å². The van der Waals surface area contributed by atoms with Crippen molar-refractivity contribution in [1.29, 1.82) is 0 Å². The summed E-state index contributed by atoms with van der Waals surface area (Å²) < 4.78 is 10.5. The van der Waals surface area contributed by atoms with E-state index in [9.17, 15) is 14.4 Å². The van der Waals surface area contributed by atoms with Crippen LogP contribution in [0.4, 0.5) is 10.5 Å². The van der Waals surface area contributed by atoms with Crippen molar-refractivity contribution in [3.8, 4) is 11.1 Å². The molecule has 2 amide bonds. The quantitative estimate of drug-likeness (QED) is 0.231. The second-order valence-corrected chi connectivity index (χ2v) is 10.7. The molecule has 1 aliphatic rings. The zero-order chi connectivity index (χ0) is 28.4. The molecule has 0 aliphatic carbocycles. The first kappa shape index (κ1) is 29.7. The highest BCUT2D eigenvalue weighted by atomic mass is 16.6. The van der Waals surface area contributed by atoms with Crippen molar-refractivity contribution in [3.63, 3.8) is 0 Å². The predicted octanol–water partition coefficient (Wildman–Crippen LogP) is 5.53. The van der Waals surface area contributed by atoms with E-state index in [2.05, 4.69) is 11.9 Å². The summed E-state index contributed by atoms with van der Waals surface area (Å²) in [6.45, 7) is 9.56. The molecule has 210 valence electrons. The van der Waals surface area contributed by atoms with Gasteiger partial charge in [0.1, 0.15) is 17.7 Å². The summed E-state index contributed by atoms with van der Waals surface area (Å²) in [4.78, 5) is 42.7. The average Bonchev–Trinajstić information content (AvgIpc) is 3.36. The lowest BCUT2D eigenvalue weighted by atomic mass is 10.1. The van der Waals surface area contributed by atoms with Crippen LogP contribution in [-0.4, -0.2) is 60.9 Å². The number of carbonyl (C=O) groups excluding carboxylic acids is 3. The topological polar surface area (TPSA) is 88.2 Å². The highest BCUT2D eigenvalue weighted by Gasteiger charge is 2.42. The first-order valence-electron chi connectivity index (χ1n) is 13.5. The normalized spacial score (nSPS) is 15.9. The number of amides is 2. The molecule has 3 rings (SSSR count). The molecule has 8 nitrogen and oxygen atoms in total. The number of hydrogen-bond acceptors (Lipinski definition) is 6. The lowest BCUT2D eigenvalue weighted by Gasteiger charge is -2.28. The Morgan fingerprint density at radius 3 is 2.31 bits per heavy atom. The standard InChI is InChI=1S/C31H41N3O5/c1-6-7-8-9-13-16-26(32-30(37)39-31(2,3)4)28(35)34-22-33(21-27(34)29(36)38-5)25-19-17-24(18-20-25)23-14-11-10-12-15-23/h6,10-12,14-15,17-20,26-27H,1,7-9,13,16,21-22H2,2-5H3,(H,32,37)/t26-,27-/m0/s1. The van der Waals surface area contributed by atoms with E-state index < -0.39 is 29.7 Å². The molecule has 2 atom stereocenters. The second kappa shape index (κ2) is 13.8. The molecule has 1 heterocycles. The number of unbranched alkanes of at least 4 members (excludes halogenated alkanes) is 3. The third-order valence-corrected chi connectivity index (χ3v) is 6.58. The Morgan fingerprint density at radius 1 is 1.03 bits per heavy atom. The fourth-order valence-electron chi connectivity index (χ4n) is 4.61. The van der Waals surface area contributed by atoms with Gasteiger partial charge in [0.2, 0.25) is 5.91 Å². The molecule has 1 saturated heterocycles. The van der Waals surface area contributed by atoms with E-state index in [1.165, 1.54) is 12.0 Å². The maximum atomic E-state index is 13.8. The summed E-state index contributed by atoms with van der Waals surface area (Å²) in [7, 11) is 1.32. The lowest BCUT2D eigenvalue weighted by molar-refractivity contribution is -0.151. The molecule has 2 aromatic rings. The molecule has 2 aromatic carbocycles. The second-order valence-electron chi connectivity index (χ2n) is 10.7. The Kier molecular flexibility index (Phi) is 10.5. The maximum absolute atomic E-state index is 13.8. The van der Waals surface area contributed by atoms with Crippen molar-refractivity contribution in [2.75, 3.05) is 25.2 Å². The minimum atomic E-state index is -0.823. The number of alkyl carbamates (subject to hydrolysis) is 1. The van der Waals surface area contributed by atoms with Gasteiger partial charge in [-0.3, -0.25) is 4.79 Å². The molecule has 0 unspecified atom stereocenters. The predicted molar refractivity (Wildman–Crippen MR) is 153 cm³/mol. The molecule has 0 spiro atoms. The number of carbonyl (C=O) groups is 3. The number of benzene rings is 2. The Hall–Kier alpha value is -3.81. The van der Waals surface area contributed by atoms with Crippen LogP contribution in [-0.2, 0) is 19.1 Å². The van der Waals surface area contributed by atoms with E-state index in [4.69, 9.17) is 9.47 Å². The fraction of sp³-hybridized carbons (Fsp3) is 0.452. The summed E-state index contributed by atoms with van der Waals surface area (Å²) in [5, 5.41) is 2.76. The maximum Gasteiger partial charge on any atom is 0.408 e. The van der Waals surface area contributed by atoms with Gasteiger partial charge >= 0.3 is 12.1 Å². The highest BCUT2D eigenvalue weighted by Crippen LogP contribution is 2.27. The van der Waals surface area contributed by atoms with Crippen molar-refractivity contribution in [1.82, 2.24) is 10.2 Å². The number of hydrogen-bond donors (Lipinski definition) is 1. The van der Waals surface area contributed by atoms with Crippen LogP contribution in [0.2, 0.25) is 0 Å². The van der Waals surface area contributed by atoms with Crippen molar-refractivity contribution in [2.45, 2.75) is 70.6 Å². The monoisotopic (exact) mass is 535 g/mol. The fourth-order valence-corrected chi connectivity index (χ4v) is 4.61. The number of methoxy groups -OCH3 is 1. The summed E-state index contributed by atoms with van der Waals surface area (Å²) in [6, 6.07) is 16.5. The molecular weight excluding hydrogens is 494 g/mol. The van der Waals surface area contributed by atoms with Crippen LogP contribution < -0.4 is 10.2 Å². The number of nitrogens with zero attached hydrogens (tertiary/aromatic N) is 2. The SMILES string of the molecule is C=CCCCCC[C@H](NC(=O)OC(C)(C)C)C(=O)N1CN(c2ccc(-c3ccccc3)cc2)C[C@H]1C(=O)OC. The van der Waals surface area contributed by atoms with Gasteiger partial charge in [-0.1, -0.05) is 61.4 Å². The van der Waals surface area contributed by atoms with Gasteiger partial charge in [-0.25, -0.2) is 9.59 Å². The van der Waals surface area contributed by atoms with Crippen LogP contribution in [0.1, 0.15) is 52.9 Å². The summed E-state index contributed by atoms with van der Waals surface area (Å²) >= 11 is 0. The van der Waals surface area contributed by atoms with Crippen LogP contribution in [0.3, 0.4) is 0 Å². The minimum absolute atomic E-state index is 0.201. The van der Waals surface area contributed by atoms with Gasteiger partial charge in [0.15, 0.2) is 0 Å². The van der Waals surface area contributed by atoms with Gasteiger partial charge in [0, 0.05) is 5.69 Å². The van der Waals surface area contributed by atoms with Crippen LogP contribution in [0.5, 0.6) is 0 Å². The van der Waals surface area contributed by atoms with Crippen molar-refractivity contribution >= 4 is 23.7 Å². The number of allylic oxidation sites excluding steroid dienone is 1. The summed E-state index contributed by atoms with van der Waals surface area (Å²) in [5.41, 5.74) is 2.37. The zero-order valence-corrected chi connectivity index (χ0v) is 23.5. The van der Waals surface area contributed by atoms with Crippen molar-refractivity contribution in [2.24, 2.45) is 0 Å². The molecule has 1 aliphatic heterocycles.